The first-order valence-electron chi connectivity index (χ1n) is 5.67. The molecule has 1 N–H and O–H groups in total. The van der Waals surface area contributed by atoms with Crippen LogP contribution < -0.4 is 10.1 Å². The lowest BCUT2D eigenvalue weighted by atomic mass is 10.1. The number of benzene rings is 1. The van der Waals surface area contributed by atoms with Crippen LogP contribution in [0.2, 0.25) is 0 Å². The summed E-state index contributed by atoms with van der Waals surface area (Å²) in [7, 11) is 0. The van der Waals surface area contributed by atoms with Gasteiger partial charge >= 0.3 is 0 Å². The predicted molar refractivity (Wildman–Crippen MR) is 73.5 cm³/mol. The van der Waals surface area contributed by atoms with Gasteiger partial charge in [0.15, 0.2) is 0 Å². The molecule has 0 saturated carbocycles. The molecule has 2 nitrogen and oxygen atoms in total. The fourth-order valence-corrected chi connectivity index (χ4v) is 1.29. The second-order valence-corrected chi connectivity index (χ2v) is 5.59. The first-order chi connectivity index (χ1) is 7.87. The average molecular weight is 254 g/mol. The Morgan fingerprint density at radius 2 is 1.88 bits per heavy atom. The van der Waals surface area contributed by atoms with Crippen LogP contribution in [0.15, 0.2) is 35.9 Å². The quantitative estimate of drug-likeness (QED) is 0.864. The lowest BCUT2D eigenvalue weighted by Crippen LogP contribution is -2.35. The van der Waals surface area contributed by atoms with Gasteiger partial charge in [-0.15, -0.1) is 0 Å². The van der Waals surface area contributed by atoms with Crippen molar-refractivity contribution in [3.63, 3.8) is 0 Å². The summed E-state index contributed by atoms with van der Waals surface area (Å²) >= 11 is 5.63. The van der Waals surface area contributed by atoms with Gasteiger partial charge in [0.1, 0.15) is 12.4 Å². The van der Waals surface area contributed by atoms with Gasteiger partial charge < -0.3 is 10.1 Å². The van der Waals surface area contributed by atoms with Crippen molar-refractivity contribution >= 4 is 11.6 Å². The Labute approximate surface area is 109 Å². The summed E-state index contributed by atoms with van der Waals surface area (Å²) in [5.74, 6) is 0.811. The van der Waals surface area contributed by atoms with Crippen molar-refractivity contribution in [1.82, 2.24) is 5.32 Å². The Hall–Kier alpha value is -0.990. The van der Waals surface area contributed by atoms with Crippen LogP contribution in [0.4, 0.5) is 0 Å². The van der Waals surface area contributed by atoms with Crippen LogP contribution in [0, 0.1) is 0 Å². The van der Waals surface area contributed by atoms with E-state index in [2.05, 4.69) is 32.7 Å². The molecule has 1 aromatic carbocycles. The average Bonchev–Trinajstić information content (AvgIpc) is 2.24. The third-order valence-electron chi connectivity index (χ3n) is 2.14. The van der Waals surface area contributed by atoms with E-state index in [1.807, 2.05) is 24.3 Å². The summed E-state index contributed by atoms with van der Waals surface area (Å²) in [6.07, 6.45) is 0. The summed E-state index contributed by atoms with van der Waals surface area (Å²) in [5, 5.41) is 3.94. The first-order valence-corrected chi connectivity index (χ1v) is 6.05. The monoisotopic (exact) mass is 253 g/mol. The van der Waals surface area contributed by atoms with Crippen LogP contribution in [0.5, 0.6) is 5.75 Å². The van der Waals surface area contributed by atoms with Crippen molar-refractivity contribution in [2.24, 2.45) is 0 Å². The smallest absolute Gasteiger partial charge is 0.123 e. The minimum absolute atomic E-state index is 0.130. The largest absolute Gasteiger partial charge is 0.488 e. The molecule has 0 radical (unpaired) electrons. The number of halogens is 1. The Morgan fingerprint density at radius 1 is 1.29 bits per heavy atom. The third kappa shape index (κ3) is 6.35. The van der Waals surface area contributed by atoms with Gasteiger partial charge in [-0.3, -0.25) is 0 Å². The number of hydrogen-bond acceptors (Lipinski definition) is 2. The molecule has 0 unspecified atom stereocenters. The van der Waals surface area contributed by atoms with E-state index in [9.17, 15) is 0 Å². The lowest BCUT2D eigenvalue weighted by molar-refractivity contribution is 0.359. The molecule has 0 aliphatic carbocycles. The van der Waals surface area contributed by atoms with Gasteiger partial charge in [0.2, 0.25) is 0 Å². The van der Waals surface area contributed by atoms with Gasteiger partial charge in [-0.2, -0.15) is 0 Å². The number of ether oxygens (including phenoxy) is 1. The zero-order chi connectivity index (χ0) is 12.9. The molecule has 0 fully saturated rings. The Bertz CT molecular complexity index is 365. The molecular formula is C14H20ClNO. The molecule has 0 aromatic heterocycles. The molecule has 1 rings (SSSR count). The van der Waals surface area contributed by atoms with Gasteiger partial charge in [0.05, 0.1) is 0 Å². The van der Waals surface area contributed by atoms with E-state index in [1.165, 1.54) is 5.56 Å². The number of hydrogen-bond donors (Lipinski definition) is 1. The number of nitrogens with one attached hydrogen (secondary N) is 1. The van der Waals surface area contributed by atoms with Gasteiger partial charge in [0.25, 0.3) is 0 Å². The number of rotatable bonds is 5. The highest BCUT2D eigenvalue weighted by molar-refractivity contribution is 6.29. The molecule has 0 heterocycles. The molecule has 0 aliphatic heterocycles. The Kier molecular flexibility index (Phi) is 5.03. The van der Waals surface area contributed by atoms with E-state index in [1.54, 1.807) is 0 Å². The zero-order valence-electron chi connectivity index (χ0n) is 10.7. The van der Waals surface area contributed by atoms with Gasteiger partial charge in [0, 0.05) is 17.1 Å². The first kappa shape index (κ1) is 14.1. The van der Waals surface area contributed by atoms with E-state index in [0.29, 0.717) is 11.6 Å². The fourth-order valence-electron chi connectivity index (χ4n) is 1.23. The summed E-state index contributed by atoms with van der Waals surface area (Å²) < 4.78 is 5.42. The Balaban J connectivity index is 2.47. The topological polar surface area (TPSA) is 21.3 Å². The second-order valence-electron chi connectivity index (χ2n) is 5.05. The van der Waals surface area contributed by atoms with Crippen molar-refractivity contribution < 1.29 is 4.74 Å². The minimum atomic E-state index is 0.130. The van der Waals surface area contributed by atoms with Crippen molar-refractivity contribution in [3.05, 3.63) is 41.4 Å². The molecule has 94 valence electrons. The highest BCUT2D eigenvalue weighted by atomic mass is 35.5. The normalized spacial score (nSPS) is 11.3. The SMILES string of the molecule is C=C(Cl)COc1ccc(CNC(C)(C)C)cc1. The summed E-state index contributed by atoms with van der Waals surface area (Å²) in [6.45, 7) is 11.2. The maximum absolute atomic E-state index is 5.63. The predicted octanol–water partition coefficient (Wildman–Crippen LogP) is 3.71. The van der Waals surface area contributed by atoms with Crippen LogP contribution in [0.25, 0.3) is 0 Å². The van der Waals surface area contributed by atoms with E-state index in [-0.39, 0.29) is 5.54 Å². The molecule has 17 heavy (non-hydrogen) atoms. The highest BCUT2D eigenvalue weighted by Gasteiger charge is 2.08. The van der Waals surface area contributed by atoms with E-state index in [0.717, 1.165) is 12.3 Å². The summed E-state index contributed by atoms with van der Waals surface area (Å²) in [4.78, 5) is 0. The minimum Gasteiger partial charge on any atom is -0.488 e. The summed E-state index contributed by atoms with van der Waals surface area (Å²) in [6, 6.07) is 7.98. The molecular weight excluding hydrogens is 234 g/mol. The molecule has 3 heteroatoms. The zero-order valence-corrected chi connectivity index (χ0v) is 11.5. The Morgan fingerprint density at radius 3 is 2.35 bits per heavy atom. The molecule has 1 aromatic rings. The summed E-state index contributed by atoms with van der Waals surface area (Å²) in [5.41, 5.74) is 1.36. The van der Waals surface area contributed by atoms with Crippen molar-refractivity contribution in [2.75, 3.05) is 6.61 Å². The van der Waals surface area contributed by atoms with Crippen molar-refractivity contribution in [1.29, 1.82) is 0 Å². The maximum atomic E-state index is 5.63. The van der Waals surface area contributed by atoms with Crippen LogP contribution >= 0.6 is 11.6 Å². The van der Waals surface area contributed by atoms with Crippen LogP contribution in [0.1, 0.15) is 26.3 Å². The lowest BCUT2D eigenvalue weighted by Gasteiger charge is -2.20. The van der Waals surface area contributed by atoms with Gasteiger partial charge in [-0.1, -0.05) is 30.3 Å². The van der Waals surface area contributed by atoms with Crippen LogP contribution in [0.3, 0.4) is 0 Å². The van der Waals surface area contributed by atoms with Gasteiger partial charge in [-0.05, 0) is 38.5 Å². The maximum Gasteiger partial charge on any atom is 0.123 e. The molecule has 0 atom stereocenters. The molecule has 0 saturated heterocycles. The highest BCUT2D eigenvalue weighted by Crippen LogP contribution is 2.14. The van der Waals surface area contributed by atoms with Crippen molar-refractivity contribution in [2.45, 2.75) is 32.9 Å². The van der Waals surface area contributed by atoms with Gasteiger partial charge in [-0.25, -0.2) is 0 Å². The fraction of sp³-hybridized carbons (Fsp3) is 0.429. The standard InChI is InChI=1S/C14H20ClNO/c1-11(15)10-17-13-7-5-12(6-8-13)9-16-14(2,3)4/h5-8,16H,1,9-10H2,2-4H3. The molecule has 0 aliphatic rings. The van der Waals surface area contributed by atoms with E-state index < -0.39 is 0 Å². The second kappa shape index (κ2) is 6.08. The van der Waals surface area contributed by atoms with E-state index in [4.69, 9.17) is 16.3 Å². The van der Waals surface area contributed by atoms with Crippen LogP contribution in [-0.2, 0) is 6.54 Å². The molecule has 0 amide bonds. The van der Waals surface area contributed by atoms with Crippen molar-refractivity contribution in [3.8, 4) is 5.75 Å². The molecule has 0 spiro atoms. The third-order valence-corrected chi connectivity index (χ3v) is 2.25. The van der Waals surface area contributed by atoms with E-state index >= 15 is 0 Å². The molecule has 0 bridgehead atoms. The van der Waals surface area contributed by atoms with Crippen LogP contribution in [-0.4, -0.2) is 12.1 Å².